The summed E-state index contributed by atoms with van der Waals surface area (Å²) in [6, 6.07) is 10.2. The highest BCUT2D eigenvalue weighted by Crippen LogP contribution is 2.26. The summed E-state index contributed by atoms with van der Waals surface area (Å²) in [6.07, 6.45) is 20.7. The van der Waals surface area contributed by atoms with Crippen LogP contribution in [0.2, 0.25) is 44.4 Å². The van der Waals surface area contributed by atoms with Crippen molar-refractivity contribution in [3.05, 3.63) is 36.7 Å². The van der Waals surface area contributed by atoms with Crippen LogP contribution in [-0.2, 0) is 0 Å². The fourth-order valence-corrected chi connectivity index (χ4v) is 19.0. The van der Waals surface area contributed by atoms with E-state index in [-0.39, 0.29) is 0 Å². The Morgan fingerprint density at radius 3 is 1.67 bits per heavy atom. The van der Waals surface area contributed by atoms with Crippen molar-refractivity contribution in [1.29, 1.82) is 0 Å². The Morgan fingerprint density at radius 1 is 0.590 bits per heavy atom. The Balaban J connectivity index is 1.49. The average molecular weight is 571 g/mol. The molecular formula is C33H58N2O2Si2. The summed E-state index contributed by atoms with van der Waals surface area (Å²) in [7, 11) is -1.83. The van der Waals surface area contributed by atoms with Gasteiger partial charge in [0, 0.05) is 34.1 Å². The molecule has 0 saturated carbocycles. The van der Waals surface area contributed by atoms with E-state index in [4.69, 9.17) is 9.47 Å². The number of ether oxygens (including phenoxy) is 2. The maximum Gasteiger partial charge on any atom is 0.316 e. The minimum Gasteiger partial charge on any atom is -0.494 e. The molecule has 220 valence electrons. The fraction of sp³-hybridized carbons (Fsp3) is 0.697. The molecule has 0 bridgehead atoms. The van der Waals surface area contributed by atoms with Gasteiger partial charge in [0.25, 0.3) is 0 Å². The second-order valence-electron chi connectivity index (χ2n) is 13.4. The molecule has 0 aliphatic rings. The summed E-state index contributed by atoms with van der Waals surface area (Å²) >= 11 is 0. The predicted molar refractivity (Wildman–Crippen MR) is 175 cm³/mol. The Labute approximate surface area is 242 Å². The molecule has 0 unspecified atom stereocenters. The summed E-state index contributed by atoms with van der Waals surface area (Å²) in [5, 5.41) is 0. The van der Waals surface area contributed by atoms with E-state index in [9.17, 15) is 0 Å². The molecule has 1 aromatic carbocycles. The Kier molecular flexibility index (Phi) is 16.0. The predicted octanol–water partition coefficient (Wildman–Crippen LogP) is 10.6. The summed E-state index contributed by atoms with van der Waals surface area (Å²) in [6.45, 7) is 16.5. The molecule has 6 heteroatoms. The molecule has 39 heavy (non-hydrogen) atoms. The third-order valence-electron chi connectivity index (χ3n) is 7.32. The first-order valence-electron chi connectivity index (χ1n) is 15.9. The standard InChI is InChI=1S/C33H58N2O2Si2/c1-7-8-9-17-25-37-33-34-27-31(28-35-33)30-20-22-32(23-21-30)36-24-18-15-13-11-10-12-14-16-19-26-39(5,6)29-38(2,3)4/h20-23,27-28H,7-19,24-26,29H2,1-6H3. The molecule has 2 aromatic rings. The average Bonchev–Trinajstić information content (AvgIpc) is 2.88. The van der Waals surface area contributed by atoms with E-state index in [1.165, 1.54) is 76.7 Å². The van der Waals surface area contributed by atoms with Crippen molar-refractivity contribution in [2.45, 2.75) is 135 Å². The summed E-state index contributed by atoms with van der Waals surface area (Å²) < 4.78 is 11.6. The van der Waals surface area contributed by atoms with Gasteiger partial charge < -0.3 is 9.47 Å². The molecule has 0 atom stereocenters. The van der Waals surface area contributed by atoms with Gasteiger partial charge in [-0.15, -0.1) is 0 Å². The molecule has 4 nitrogen and oxygen atoms in total. The molecule has 0 N–H and O–H groups in total. The molecular weight excluding hydrogens is 513 g/mol. The zero-order chi connectivity index (χ0) is 28.4. The largest absolute Gasteiger partial charge is 0.494 e. The van der Waals surface area contributed by atoms with Crippen molar-refractivity contribution in [2.24, 2.45) is 0 Å². The van der Waals surface area contributed by atoms with Gasteiger partial charge in [-0.05, 0) is 30.5 Å². The first-order valence-corrected chi connectivity index (χ1v) is 23.0. The van der Waals surface area contributed by atoms with E-state index in [1.54, 1.807) is 5.67 Å². The topological polar surface area (TPSA) is 44.2 Å². The summed E-state index contributed by atoms with van der Waals surface area (Å²) in [5.41, 5.74) is 3.68. The van der Waals surface area contributed by atoms with Gasteiger partial charge in [0.1, 0.15) is 5.75 Å². The van der Waals surface area contributed by atoms with Gasteiger partial charge in [0.2, 0.25) is 0 Å². The second kappa shape index (κ2) is 18.6. The normalized spacial score (nSPS) is 12.1. The van der Waals surface area contributed by atoms with E-state index in [0.717, 1.165) is 36.3 Å². The van der Waals surface area contributed by atoms with E-state index in [1.807, 2.05) is 24.5 Å². The van der Waals surface area contributed by atoms with Crippen LogP contribution in [-0.4, -0.2) is 39.3 Å². The quantitative estimate of drug-likeness (QED) is 0.104. The van der Waals surface area contributed by atoms with E-state index in [0.29, 0.717) is 12.6 Å². The van der Waals surface area contributed by atoms with Crippen molar-refractivity contribution in [2.75, 3.05) is 13.2 Å². The molecule has 0 saturated heterocycles. The highest BCUT2D eigenvalue weighted by molar-refractivity contribution is 6.94. The molecule has 0 fully saturated rings. The maximum atomic E-state index is 5.97. The Hall–Kier alpha value is -1.67. The maximum absolute atomic E-state index is 5.97. The van der Waals surface area contributed by atoms with Crippen molar-refractivity contribution >= 4 is 16.1 Å². The van der Waals surface area contributed by atoms with Gasteiger partial charge in [-0.25, -0.2) is 9.97 Å². The van der Waals surface area contributed by atoms with Gasteiger partial charge >= 0.3 is 6.01 Å². The van der Waals surface area contributed by atoms with Crippen molar-refractivity contribution in [1.82, 2.24) is 9.97 Å². The first-order chi connectivity index (χ1) is 18.7. The van der Waals surface area contributed by atoms with Crippen LogP contribution < -0.4 is 9.47 Å². The number of aromatic nitrogens is 2. The fourth-order valence-electron chi connectivity index (χ4n) is 5.63. The monoisotopic (exact) mass is 570 g/mol. The van der Waals surface area contributed by atoms with Gasteiger partial charge in [0.05, 0.1) is 13.2 Å². The number of rotatable bonds is 22. The number of benzene rings is 1. The van der Waals surface area contributed by atoms with Crippen molar-refractivity contribution in [3.63, 3.8) is 0 Å². The number of nitrogens with zero attached hydrogens (tertiary/aromatic N) is 2. The zero-order valence-electron chi connectivity index (χ0n) is 26.2. The molecule has 0 aliphatic carbocycles. The van der Waals surface area contributed by atoms with Crippen LogP contribution in [0.25, 0.3) is 11.1 Å². The highest BCUT2D eigenvalue weighted by Gasteiger charge is 2.27. The molecule has 1 aromatic heterocycles. The van der Waals surface area contributed by atoms with Crippen molar-refractivity contribution < 1.29 is 9.47 Å². The lowest BCUT2D eigenvalue weighted by Gasteiger charge is -2.29. The van der Waals surface area contributed by atoms with Crippen molar-refractivity contribution in [3.8, 4) is 22.9 Å². The first kappa shape index (κ1) is 33.5. The minimum atomic E-state index is -0.944. The molecule has 1 heterocycles. The Morgan fingerprint density at radius 2 is 1.10 bits per heavy atom. The lowest BCUT2D eigenvalue weighted by molar-refractivity contribution is 0.282. The van der Waals surface area contributed by atoms with Crippen LogP contribution >= 0.6 is 0 Å². The highest BCUT2D eigenvalue weighted by atomic mass is 28.4. The molecule has 0 aliphatic heterocycles. The van der Waals surface area contributed by atoms with Gasteiger partial charge in [0.15, 0.2) is 0 Å². The summed E-state index contributed by atoms with van der Waals surface area (Å²) in [4.78, 5) is 8.72. The molecule has 2 rings (SSSR count). The molecule has 0 radical (unpaired) electrons. The van der Waals surface area contributed by atoms with Crippen LogP contribution in [0.3, 0.4) is 0 Å². The van der Waals surface area contributed by atoms with E-state index < -0.39 is 16.1 Å². The number of hydrogen-bond donors (Lipinski definition) is 0. The van der Waals surface area contributed by atoms with Gasteiger partial charge in [-0.1, -0.05) is 134 Å². The smallest absolute Gasteiger partial charge is 0.316 e. The zero-order valence-corrected chi connectivity index (χ0v) is 28.2. The lowest BCUT2D eigenvalue weighted by atomic mass is 10.1. The van der Waals surface area contributed by atoms with E-state index >= 15 is 0 Å². The van der Waals surface area contributed by atoms with Crippen LogP contribution in [0.1, 0.15) is 90.4 Å². The van der Waals surface area contributed by atoms with Crippen LogP contribution in [0.15, 0.2) is 36.7 Å². The lowest BCUT2D eigenvalue weighted by Crippen LogP contribution is -2.37. The third-order valence-corrected chi connectivity index (χ3v) is 17.1. The number of unbranched alkanes of at least 4 members (excludes halogenated alkanes) is 11. The second-order valence-corrected chi connectivity index (χ2v) is 24.7. The molecule has 0 spiro atoms. The van der Waals surface area contributed by atoms with E-state index in [2.05, 4.69) is 61.8 Å². The van der Waals surface area contributed by atoms with Crippen LogP contribution in [0, 0.1) is 0 Å². The third kappa shape index (κ3) is 16.3. The molecule has 0 amide bonds. The Bertz CT molecular complexity index is 880. The summed E-state index contributed by atoms with van der Waals surface area (Å²) in [5.74, 6) is 0.933. The van der Waals surface area contributed by atoms with Gasteiger partial charge in [-0.3, -0.25) is 0 Å². The van der Waals surface area contributed by atoms with Gasteiger partial charge in [-0.2, -0.15) is 0 Å². The van der Waals surface area contributed by atoms with Crippen LogP contribution in [0.5, 0.6) is 11.8 Å². The SMILES string of the molecule is CCCCCCOc1ncc(-c2ccc(OCCCCCCCCCCC[Si](C)(C)C[Si](C)(C)C)cc2)cn1. The minimum absolute atomic E-state index is 0.462. The number of hydrogen-bond acceptors (Lipinski definition) is 4. The van der Waals surface area contributed by atoms with Crippen LogP contribution in [0.4, 0.5) is 0 Å².